The first-order valence-corrected chi connectivity index (χ1v) is 13.0. The van der Waals surface area contributed by atoms with Gasteiger partial charge in [-0.25, -0.2) is 9.59 Å². The summed E-state index contributed by atoms with van der Waals surface area (Å²) in [6, 6.07) is 0. The van der Waals surface area contributed by atoms with Gasteiger partial charge >= 0.3 is 17.9 Å². The van der Waals surface area contributed by atoms with Gasteiger partial charge in [0.2, 0.25) is 6.29 Å². The lowest BCUT2D eigenvalue weighted by Gasteiger charge is -2.64. The van der Waals surface area contributed by atoms with Crippen LogP contribution in [0.4, 0.5) is 0 Å². The fourth-order valence-electron chi connectivity index (χ4n) is 9.34. The SMILES string of the molecule is COC(=O)CC1OC(C)(C)C2CC(=O)C3(C)C(CCC4(C)C(C5=CC(O)OC5=O)OC(=O)C5OC543)C12C. The van der Waals surface area contributed by atoms with Crippen molar-refractivity contribution in [3.05, 3.63) is 11.6 Å². The normalized spacial score (nSPS) is 51.1. The number of Topliss-reactive ketones (excluding diaryl/α,β-unsaturated/α-hetero) is 1. The Morgan fingerprint density at radius 2 is 1.76 bits per heavy atom. The fourth-order valence-corrected chi connectivity index (χ4v) is 9.34. The maximum Gasteiger partial charge on any atom is 0.340 e. The average molecular weight is 519 g/mol. The number of fused-ring (bicyclic) bond motifs is 3. The summed E-state index contributed by atoms with van der Waals surface area (Å²) in [5, 5.41) is 9.91. The Kier molecular flexibility index (Phi) is 4.87. The zero-order valence-electron chi connectivity index (χ0n) is 22.0. The van der Waals surface area contributed by atoms with Crippen LogP contribution >= 0.6 is 0 Å². The van der Waals surface area contributed by atoms with E-state index >= 15 is 0 Å². The lowest BCUT2D eigenvalue weighted by Crippen LogP contribution is -2.72. The molecule has 6 aliphatic rings. The monoisotopic (exact) mass is 518 g/mol. The van der Waals surface area contributed by atoms with Gasteiger partial charge in [-0.1, -0.05) is 13.8 Å². The standard InChI is InChI=1S/C27H34O10/c1-23(2)14-10-15(28)26(5)13(25(14,4)16(36-23)11-17(29)33-6)7-8-24(3)19(12-9-18(30)34-21(12)31)35-22(32)20-27(24,26)37-20/h9,13-14,16,18-20,30H,7-8,10-11H2,1-6H3. The van der Waals surface area contributed by atoms with Crippen LogP contribution in [0.3, 0.4) is 0 Å². The molecule has 1 spiro atoms. The molecule has 0 radical (unpaired) electrons. The van der Waals surface area contributed by atoms with Crippen LogP contribution in [0.15, 0.2) is 11.6 Å². The minimum Gasteiger partial charge on any atom is -0.469 e. The number of carbonyl (C=O) groups is 4. The highest BCUT2D eigenvalue weighted by Gasteiger charge is 2.89. The van der Waals surface area contributed by atoms with Crippen molar-refractivity contribution >= 4 is 23.7 Å². The quantitative estimate of drug-likeness (QED) is 0.333. The molecule has 4 heterocycles. The molecule has 37 heavy (non-hydrogen) atoms. The lowest BCUT2D eigenvalue weighted by atomic mass is 9.37. The minimum absolute atomic E-state index is 0.0137. The lowest BCUT2D eigenvalue weighted by molar-refractivity contribution is -0.205. The molecular weight excluding hydrogens is 484 g/mol. The third kappa shape index (κ3) is 2.71. The average Bonchev–Trinajstić information content (AvgIpc) is 3.47. The predicted molar refractivity (Wildman–Crippen MR) is 123 cm³/mol. The predicted octanol–water partition coefficient (Wildman–Crippen LogP) is 1.61. The molecule has 2 saturated carbocycles. The number of hydrogen-bond donors (Lipinski definition) is 1. The second-order valence-electron chi connectivity index (χ2n) is 12.7. The van der Waals surface area contributed by atoms with Crippen LogP contribution < -0.4 is 0 Å². The molecule has 5 fully saturated rings. The summed E-state index contributed by atoms with van der Waals surface area (Å²) in [6.45, 7) is 9.79. The number of cyclic esters (lactones) is 2. The molecule has 10 heteroatoms. The van der Waals surface area contributed by atoms with Crippen molar-refractivity contribution in [3.63, 3.8) is 0 Å². The number of methoxy groups -OCH3 is 1. The van der Waals surface area contributed by atoms with Gasteiger partial charge in [0.05, 0.1) is 36.2 Å². The summed E-state index contributed by atoms with van der Waals surface area (Å²) in [5.41, 5.74) is -4.38. The van der Waals surface area contributed by atoms with E-state index in [4.69, 9.17) is 23.7 Å². The highest BCUT2D eigenvalue weighted by Crippen LogP contribution is 2.78. The van der Waals surface area contributed by atoms with Gasteiger partial charge < -0.3 is 28.8 Å². The molecule has 1 N–H and O–H groups in total. The van der Waals surface area contributed by atoms with E-state index in [0.29, 0.717) is 12.8 Å². The zero-order chi connectivity index (χ0) is 26.9. The Labute approximate surface area is 215 Å². The van der Waals surface area contributed by atoms with Crippen molar-refractivity contribution in [2.24, 2.45) is 28.1 Å². The summed E-state index contributed by atoms with van der Waals surface area (Å²) in [7, 11) is 1.35. The fraction of sp³-hybridized carbons (Fsp3) is 0.778. The summed E-state index contributed by atoms with van der Waals surface area (Å²) in [6.07, 6.45) is -1.28. The third-order valence-electron chi connectivity index (χ3n) is 11.0. The summed E-state index contributed by atoms with van der Waals surface area (Å²) < 4.78 is 28.4. The van der Waals surface area contributed by atoms with Crippen LogP contribution in [0.5, 0.6) is 0 Å². The van der Waals surface area contributed by atoms with E-state index in [1.165, 1.54) is 13.2 Å². The molecule has 3 saturated heterocycles. The molecule has 0 bridgehead atoms. The number of ether oxygens (including phenoxy) is 5. The van der Waals surface area contributed by atoms with E-state index in [-0.39, 0.29) is 42.0 Å². The number of carbonyl (C=O) groups excluding carboxylic acids is 4. The highest BCUT2D eigenvalue weighted by atomic mass is 16.7. The molecule has 0 aromatic heterocycles. The first kappa shape index (κ1) is 25.0. The zero-order valence-corrected chi connectivity index (χ0v) is 22.0. The summed E-state index contributed by atoms with van der Waals surface area (Å²) in [4.78, 5) is 52.4. The van der Waals surface area contributed by atoms with E-state index in [1.54, 1.807) is 0 Å². The second-order valence-corrected chi connectivity index (χ2v) is 12.7. The summed E-state index contributed by atoms with van der Waals surface area (Å²) >= 11 is 0. The van der Waals surface area contributed by atoms with Gasteiger partial charge in [0.15, 0.2) is 6.10 Å². The van der Waals surface area contributed by atoms with Gasteiger partial charge in [0.25, 0.3) is 0 Å². The number of hydrogen-bond acceptors (Lipinski definition) is 10. The number of rotatable bonds is 3. The number of ketones is 1. The molecule has 0 amide bonds. The van der Waals surface area contributed by atoms with Gasteiger partial charge in [-0.15, -0.1) is 0 Å². The van der Waals surface area contributed by atoms with Crippen molar-refractivity contribution in [2.75, 3.05) is 7.11 Å². The molecule has 202 valence electrons. The van der Waals surface area contributed by atoms with Crippen LogP contribution in [0.1, 0.15) is 60.3 Å². The van der Waals surface area contributed by atoms with Gasteiger partial charge in [0.1, 0.15) is 17.5 Å². The number of aliphatic hydroxyl groups excluding tert-OH is 1. The van der Waals surface area contributed by atoms with Gasteiger partial charge in [-0.05, 0) is 45.6 Å². The molecule has 4 aliphatic heterocycles. The Morgan fingerprint density at radius 1 is 1.05 bits per heavy atom. The minimum atomic E-state index is -1.42. The van der Waals surface area contributed by atoms with Crippen molar-refractivity contribution in [1.29, 1.82) is 0 Å². The molecule has 10 nitrogen and oxygen atoms in total. The van der Waals surface area contributed by atoms with Crippen LogP contribution in [0.2, 0.25) is 0 Å². The molecule has 0 aromatic rings. The van der Waals surface area contributed by atoms with Crippen LogP contribution in [-0.4, -0.2) is 71.7 Å². The number of esters is 3. The van der Waals surface area contributed by atoms with Gasteiger partial charge in [-0.3, -0.25) is 9.59 Å². The first-order valence-electron chi connectivity index (χ1n) is 13.0. The summed E-state index contributed by atoms with van der Waals surface area (Å²) in [5.74, 6) is -2.19. The third-order valence-corrected chi connectivity index (χ3v) is 11.0. The smallest absolute Gasteiger partial charge is 0.340 e. The number of aliphatic hydroxyl groups is 1. The Hall–Kier alpha value is -2.30. The maximum absolute atomic E-state index is 14.3. The van der Waals surface area contributed by atoms with Gasteiger partial charge in [-0.2, -0.15) is 0 Å². The molecule has 0 aromatic carbocycles. The van der Waals surface area contributed by atoms with E-state index in [9.17, 15) is 24.3 Å². The highest BCUT2D eigenvalue weighted by molar-refractivity contribution is 5.96. The molecular formula is C27H34O10. The molecule has 10 unspecified atom stereocenters. The Balaban J connectivity index is 1.48. The largest absolute Gasteiger partial charge is 0.469 e. The van der Waals surface area contributed by atoms with E-state index in [2.05, 4.69) is 6.92 Å². The first-order chi connectivity index (χ1) is 17.2. The maximum atomic E-state index is 14.3. The van der Waals surface area contributed by atoms with E-state index < -0.39 is 64.0 Å². The molecule has 2 aliphatic carbocycles. The van der Waals surface area contributed by atoms with Gasteiger partial charge in [0, 0.05) is 23.2 Å². The van der Waals surface area contributed by atoms with Crippen LogP contribution in [0.25, 0.3) is 0 Å². The van der Waals surface area contributed by atoms with Crippen LogP contribution in [0, 0.1) is 28.1 Å². The van der Waals surface area contributed by atoms with Crippen molar-refractivity contribution in [3.8, 4) is 0 Å². The van der Waals surface area contributed by atoms with Crippen molar-refractivity contribution < 1.29 is 48.0 Å². The topological polar surface area (TPSA) is 138 Å². The number of epoxide rings is 1. The van der Waals surface area contributed by atoms with Crippen molar-refractivity contribution in [2.45, 2.75) is 96.1 Å². The van der Waals surface area contributed by atoms with E-state index in [1.807, 2.05) is 27.7 Å². The van der Waals surface area contributed by atoms with Crippen LogP contribution in [-0.2, 0) is 42.9 Å². The molecule has 10 atom stereocenters. The second kappa shape index (κ2) is 7.21. The Bertz CT molecular complexity index is 1160. The Morgan fingerprint density at radius 3 is 2.38 bits per heavy atom. The van der Waals surface area contributed by atoms with Crippen molar-refractivity contribution in [1.82, 2.24) is 0 Å². The molecule has 6 rings (SSSR count). The van der Waals surface area contributed by atoms with E-state index in [0.717, 1.165) is 0 Å².